The van der Waals surface area contributed by atoms with Crippen molar-refractivity contribution < 1.29 is 23.8 Å². The number of hydrogen-bond acceptors (Lipinski definition) is 6. The standard InChI is InChI=1S/C31H40N4O5/c1-19(2)25-15-33-29-24(25)13-22(14-32-29)21-11-20-7-8-34(28(36)18-38-6)16-26(20)23(12-21)27-17-39-10-9-35(27)30(37)40-31(3,4)5/h11-15,19,27H,7-10,16-18H2,1-6H3,(H,32,33)/t27-/m0/s1. The zero-order valence-electron chi connectivity index (χ0n) is 24.4. The number of pyridine rings is 1. The molecule has 4 heterocycles. The van der Waals surface area contributed by atoms with Crippen LogP contribution in [0.3, 0.4) is 0 Å². The van der Waals surface area contributed by atoms with Gasteiger partial charge in [-0.05, 0) is 73.1 Å². The fourth-order valence-electron chi connectivity index (χ4n) is 5.65. The van der Waals surface area contributed by atoms with Gasteiger partial charge in [-0.2, -0.15) is 0 Å². The SMILES string of the molecule is COCC(=O)N1CCc2cc(-c3cnc4[nH]cc(C(C)C)c4c3)cc([C@@H]3COCCN3C(=O)OC(C)(C)C)c2C1. The summed E-state index contributed by atoms with van der Waals surface area (Å²) in [6, 6.07) is 6.21. The first-order valence-electron chi connectivity index (χ1n) is 14.0. The highest BCUT2D eigenvalue weighted by Gasteiger charge is 2.35. The van der Waals surface area contributed by atoms with Crippen LogP contribution < -0.4 is 0 Å². The summed E-state index contributed by atoms with van der Waals surface area (Å²) in [6.45, 7) is 12.3. The van der Waals surface area contributed by atoms with E-state index in [1.165, 1.54) is 18.2 Å². The number of rotatable bonds is 5. The van der Waals surface area contributed by atoms with E-state index in [4.69, 9.17) is 19.2 Å². The molecule has 214 valence electrons. The molecule has 1 saturated heterocycles. The number of aromatic amines is 1. The fraction of sp³-hybridized carbons (Fsp3) is 0.516. The molecule has 9 heteroatoms. The predicted octanol–water partition coefficient (Wildman–Crippen LogP) is 5.19. The molecule has 3 aromatic rings. The molecular weight excluding hydrogens is 508 g/mol. The number of ether oxygens (including phenoxy) is 3. The molecular formula is C31H40N4O5. The van der Waals surface area contributed by atoms with Gasteiger partial charge < -0.3 is 24.1 Å². The number of hydrogen-bond donors (Lipinski definition) is 1. The summed E-state index contributed by atoms with van der Waals surface area (Å²) in [6.07, 6.45) is 4.28. The number of amides is 2. The van der Waals surface area contributed by atoms with Crippen LogP contribution in [0.2, 0.25) is 0 Å². The maximum atomic E-state index is 13.3. The lowest BCUT2D eigenvalue weighted by Gasteiger charge is -2.39. The van der Waals surface area contributed by atoms with Crippen LogP contribution in [-0.4, -0.2) is 77.4 Å². The molecule has 9 nitrogen and oxygen atoms in total. The lowest BCUT2D eigenvalue weighted by Crippen LogP contribution is -2.46. The second-order valence-electron chi connectivity index (χ2n) is 12.0. The van der Waals surface area contributed by atoms with E-state index in [0.29, 0.717) is 45.2 Å². The first kappa shape index (κ1) is 28.1. The summed E-state index contributed by atoms with van der Waals surface area (Å²) in [4.78, 5) is 37.7. The summed E-state index contributed by atoms with van der Waals surface area (Å²) in [5.41, 5.74) is 6.73. The molecule has 0 spiro atoms. The summed E-state index contributed by atoms with van der Waals surface area (Å²) in [5.74, 6) is 0.317. The molecule has 0 bridgehead atoms. The highest BCUT2D eigenvalue weighted by atomic mass is 16.6. The first-order chi connectivity index (χ1) is 19.1. The average molecular weight is 549 g/mol. The molecule has 40 heavy (non-hydrogen) atoms. The Labute approximate surface area is 235 Å². The number of carbonyl (C=O) groups excluding carboxylic acids is 2. The molecule has 0 aliphatic carbocycles. The molecule has 2 aliphatic heterocycles. The Hall–Kier alpha value is -3.43. The second-order valence-corrected chi connectivity index (χ2v) is 12.0. The number of nitrogens with zero attached hydrogens (tertiary/aromatic N) is 3. The van der Waals surface area contributed by atoms with Gasteiger partial charge in [0.15, 0.2) is 0 Å². The minimum atomic E-state index is -0.615. The molecule has 5 rings (SSSR count). The Balaban J connectivity index is 1.61. The van der Waals surface area contributed by atoms with E-state index in [0.717, 1.165) is 33.3 Å². The molecule has 1 fully saturated rings. The van der Waals surface area contributed by atoms with Crippen molar-refractivity contribution in [3.8, 4) is 11.1 Å². The van der Waals surface area contributed by atoms with E-state index < -0.39 is 5.60 Å². The third-order valence-electron chi connectivity index (χ3n) is 7.63. The number of fused-ring (bicyclic) bond motifs is 2. The number of nitrogens with one attached hydrogen (secondary N) is 1. The van der Waals surface area contributed by atoms with E-state index in [1.807, 2.05) is 38.1 Å². The molecule has 1 atom stereocenters. The second kappa shape index (κ2) is 11.2. The Morgan fingerprint density at radius 1 is 1.18 bits per heavy atom. The largest absolute Gasteiger partial charge is 0.444 e. The van der Waals surface area contributed by atoms with E-state index in [9.17, 15) is 9.59 Å². The lowest BCUT2D eigenvalue weighted by atomic mass is 9.86. The van der Waals surface area contributed by atoms with Crippen molar-refractivity contribution in [1.82, 2.24) is 19.8 Å². The van der Waals surface area contributed by atoms with Gasteiger partial charge in [-0.3, -0.25) is 9.69 Å². The van der Waals surface area contributed by atoms with Crippen LogP contribution >= 0.6 is 0 Å². The van der Waals surface area contributed by atoms with E-state index in [1.54, 1.807) is 4.90 Å². The van der Waals surface area contributed by atoms with Gasteiger partial charge >= 0.3 is 6.09 Å². The smallest absolute Gasteiger partial charge is 0.410 e. The fourth-order valence-corrected chi connectivity index (χ4v) is 5.65. The van der Waals surface area contributed by atoms with Crippen molar-refractivity contribution >= 4 is 23.0 Å². The Morgan fingerprint density at radius 3 is 2.70 bits per heavy atom. The van der Waals surface area contributed by atoms with E-state index in [-0.39, 0.29) is 24.6 Å². The number of carbonyl (C=O) groups is 2. The highest BCUT2D eigenvalue weighted by molar-refractivity contribution is 5.85. The zero-order chi connectivity index (χ0) is 28.6. The number of methoxy groups -OCH3 is 1. The minimum absolute atomic E-state index is 0.0415. The molecule has 2 aliphatic rings. The molecule has 0 radical (unpaired) electrons. The van der Waals surface area contributed by atoms with E-state index in [2.05, 4.69) is 37.0 Å². The maximum absolute atomic E-state index is 13.3. The normalized spacial score (nSPS) is 17.8. The van der Waals surface area contributed by atoms with Crippen LogP contribution in [0.4, 0.5) is 4.79 Å². The molecule has 0 saturated carbocycles. The average Bonchev–Trinajstić information content (AvgIpc) is 3.35. The zero-order valence-corrected chi connectivity index (χ0v) is 24.4. The monoisotopic (exact) mass is 548 g/mol. The minimum Gasteiger partial charge on any atom is -0.444 e. The predicted molar refractivity (Wildman–Crippen MR) is 153 cm³/mol. The van der Waals surface area contributed by atoms with Crippen LogP contribution in [0.25, 0.3) is 22.2 Å². The van der Waals surface area contributed by atoms with Crippen molar-refractivity contribution in [3.63, 3.8) is 0 Å². The Kier molecular flexibility index (Phi) is 7.88. The highest BCUT2D eigenvalue weighted by Crippen LogP contribution is 2.37. The van der Waals surface area contributed by atoms with Crippen LogP contribution in [-0.2, 0) is 32.0 Å². The topological polar surface area (TPSA) is 97.0 Å². The van der Waals surface area contributed by atoms with Gasteiger partial charge in [0.2, 0.25) is 5.91 Å². The molecule has 0 unspecified atom stereocenters. The summed E-state index contributed by atoms with van der Waals surface area (Å²) >= 11 is 0. The van der Waals surface area contributed by atoms with Crippen LogP contribution in [0.1, 0.15) is 68.8 Å². The third kappa shape index (κ3) is 5.71. The summed E-state index contributed by atoms with van der Waals surface area (Å²) in [5, 5.41) is 1.11. The molecule has 1 aromatic carbocycles. The Bertz CT molecular complexity index is 1410. The molecule has 2 aromatic heterocycles. The van der Waals surface area contributed by atoms with Gasteiger partial charge in [0.25, 0.3) is 0 Å². The van der Waals surface area contributed by atoms with Crippen LogP contribution in [0.15, 0.2) is 30.6 Å². The number of benzene rings is 1. The number of H-pyrrole nitrogens is 1. The van der Waals surface area contributed by atoms with Gasteiger partial charge in [-0.25, -0.2) is 9.78 Å². The molecule has 1 N–H and O–H groups in total. The van der Waals surface area contributed by atoms with Crippen molar-refractivity contribution in [3.05, 3.63) is 52.8 Å². The lowest BCUT2D eigenvalue weighted by molar-refractivity contribution is -0.136. The van der Waals surface area contributed by atoms with Gasteiger partial charge in [-0.1, -0.05) is 19.9 Å². The van der Waals surface area contributed by atoms with Crippen LogP contribution in [0, 0.1) is 0 Å². The van der Waals surface area contributed by atoms with Gasteiger partial charge in [0.1, 0.15) is 17.9 Å². The van der Waals surface area contributed by atoms with Crippen molar-refractivity contribution in [2.75, 3.05) is 40.0 Å². The number of aromatic nitrogens is 2. The third-order valence-corrected chi connectivity index (χ3v) is 7.63. The van der Waals surface area contributed by atoms with Crippen molar-refractivity contribution in [1.29, 1.82) is 0 Å². The van der Waals surface area contributed by atoms with Gasteiger partial charge in [0.05, 0.1) is 19.3 Å². The molecule has 2 amide bonds. The Morgan fingerprint density at radius 2 is 1.98 bits per heavy atom. The van der Waals surface area contributed by atoms with Crippen molar-refractivity contribution in [2.45, 2.75) is 65.1 Å². The maximum Gasteiger partial charge on any atom is 0.410 e. The van der Waals surface area contributed by atoms with E-state index >= 15 is 0 Å². The number of morpholine rings is 1. The quantitative estimate of drug-likeness (QED) is 0.471. The van der Waals surface area contributed by atoms with Gasteiger partial charge in [0, 0.05) is 50.1 Å². The first-order valence-corrected chi connectivity index (χ1v) is 14.0. The van der Waals surface area contributed by atoms with Crippen LogP contribution in [0.5, 0.6) is 0 Å². The summed E-state index contributed by atoms with van der Waals surface area (Å²) in [7, 11) is 1.53. The van der Waals surface area contributed by atoms with Crippen molar-refractivity contribution in [2.24, 2.45) is 0 Å². The summed E-state index contributed by atoms with van der Waals surface area (Å²) < 4.78 is 16.8. The van der Waals surface area contributed by atoms with Gasteiger partial charge in [-0.15, -0.1) is 0 Å².